The van der Waals surface area contributed by atoms with Gasteiger partial charge < -0.3 is 23.9 Å². The molecule has 0 saturated carbocycles. The number of aryl methyl sites for hydroxylation is 3. The molecule has 0 bridgehead atoms. The number of methoxy groups -OCH3 is 1. The molecule has 8 nitrogen and oxygen atoms in total. The van der Waals surface area contributed by atoms with E-state index in [-0.39, 0.29) is 12.5 Å². The monoisotopic (exact) mass is 460 g/mol. The zero-order valence-corrected chi connectivity index (χ0v) is 20.7. The molecule has 1 saturated heterocycles. The van der Waals surface area contributed by atoms with E-state index in [0.29, 0.717) is 56.8 Å². The van der Waals surface area contributed by atoms with Crippen LogP contribution in [0.25, 0.3) is 5.57 Å². The van der Waals surface area contributed by atoms with Gasteiger partial charge in [0.2, 0.25) is 0 Å². The Labute approximate surface area is 196 Å². The van der Waals surface area contributed by atoms with Crippen molar-refractivity contribution in [1.82, 2.24) is 9.96 Å². The van der Waals surface area contributed by atoms with Crippen LogP contribution >= 0.6 is 0 Å². The summed E-state index contributed by atoms with van der Waals surface area (Å²) < 4.78 is 16.3. The molecule has 1 fully saturated rings. The van der Waals surface area contributed by atoms with Gasteiger partial charge in [-0.25, -0.2) is 4.79 Å². The molecule has 2 aliphatic heterocycles. The fourth-order valence-corrected chi connectivity index (χ4v) is 5.17. The Kier molecular flexibility index (Phi) is 8.15. The summed E-state index contributed by atoms with van der Waals surface area (Å²) in [6.45, 7) is 10.2. The third-order valence-electron chi connectivity index (χ3n) is 6.54. The predicted molar refractivity (Wildman–Crippen MR) is 124 cm³/mol. The topological polar surface area (TPSA) is 77.5 Å². The number of hydrogen-bond donors (Lipinski definition) is 0. The fourth-order valence-electron chi connectivity index (χ4n) is 5.17. The molecule has 0 unspecified atom stereocenters. The number of hydrogen-bond acceptors (Lipinski definition) is 7. The summed E-state index contributed by atoms with van der Waals surface area (Å²) in [6, 6.07) is 4.11. The zero-order valence-electron chi connectivity index (χ0n) is 20.7. The van der Waals surface area contributed by atoms with Gasteiger partial charge >= 0.3 is 6.16 Å². The van der Waals surface area contributed by atoms with Crippen molar-refractivity contribution < 1.29 is 28.6 Å². The standard InChI is InChI=1S/C25H36N2O6/c1-7-32-24(29)33-22-21(20-18(3)15-17(2)16-19(20)4)23(28)27(11-8-14-30-5)25(22)9-12-26(31-6)13-10-25/h15-16H,7-14H2,1-6H3. The normalized spacial score (nSPS) is 18.4. The van der Waals surface area contributed by atoms with Gasteiger partial charge in [-0.3, -0.25) is 4.79 Å². The summed E-state index contributed by atoms with van der Waals surface area (Å²) >= 11 is 0. The number of benzene rings is 1. The Morgan fingerprint density at radius 3 is 2.27 bits per heavy atom. The van der Waals surface area contributed by atoms with Crippen molar-refractivity contribution in [2.75, 3.05) is 47.1 Å². The van der Waals surface area contributed by atoms with Crippen LogP contribution in [0.1, 0.15) is 48.4 Å². The Hall–Kier alpha value is -2.42. The van der Waals surface area contributed by atoms with Gasteiger partial charge in [-0.05, 0) is 63.6 Å². The molecule has 0 aliphatic carbocycles. The summed E-state index contributed by atoms with van der Waals surface area (Å²) in [4.78, 5) is 33.9. The molecule has 1 spiro atoms. The van der Waals surface area contributed by atoms with Crippen LogP contribution < -0.4 is 0 Å². The highest BCUT2D eigenvalue weighted by Crippen LogP contribution is 2.48. The van der Waals surface area contributed by atoms with Crippen LogP contribution in [0.5, 0.6) is 0 Å². The van der Waals surface area contributed by atoms with Crippen LogP contribution in [0.2, 0.25) is 0 Å². The third-order valence-corrected chi connectivity index (χ3v) is 6.54. The molecule has 33 heavy (non-hydrogen) atoms. The maximum absolute atomic E-state index is 14.0. The van der Waals surface area contributed by atoms with Gasteiger partial charge in [0.05, 0.1) is 19.3 Å². The lowest BCUT2D eigenvalue weighted by Gasteiger charge is -2.44. The van der Waals surface area contributed by atoms with Crippen LogP contribution in [0.3, 0.4) is 0 Å². The lowest BCUT2D eigenvalue weighted by molar-refractivity contribution is -0.164. The van der Waals surface area contributed by atoms with E-state index in [2.05, 4.69) is 12.1 Å². The van der Waals surface area contributed by atoms with Gasteiger partial charge in [0.15, 0.2) is 5.76 Å². The third kappa shape index (κ3) is 4.93. The number of hydroxylamine groups is 2. The molecule has 0 N–H and O–H groups in total. The van der Waals surface area contributed by atoms with E-state index in [1.165, 1.54) is 0 Å². The summed E-state index contributed by atoms with van der Waals surface area (Å²) in [6.07, 6.45) is 1.07. The molecule has 8 heteroatoms. The van der Waals surface area contributed by atoms with Crippen molar-refractivity contribution in [3.05, 3.63) is 40.1 Å². The highest BCUT2D eigenvalue weighted by atomic mass is 16.7. The first kappa shape index (κ1) is 25.2. The Bertz CT molecular complexity index is 894. The number of amides is 1. The average Bonchev–Trinajstić information content (AvgIpc) is 2.97. The second kappa shape index (κ2) is 10.7. The molecular weight excluding hydrogens is 424 g/mol. The second-order valence-electron chi connectivity index (χ2n) is 8.71. The van der Waals surface area contributed by atoms with Crippen LogP contribution in [-0.2, 0) is 23.8 Å². The van der Waals surface area contributed by atoms with Crippen molar-refractivity contribution in [1.29, 1.82) is 0 Å². The van der Waals surface area contributed by atoms with Gasteiger partial charge in [0.1, 0.15) is 5.54 Å². The van der Waals surface area contributed by atoms with Crippen LogP contribution in [0, 0.1) is 20.8 Å². The number of carbonyl (C=O) groups excluding carboxylic acids is 2. The number of carbonyl (C=O) groups is 2. The Balaban J connectivity index is 2.18. The highest BCUT2D eigenvalue weighted by molar-refractivity contribution is 6.24. The maximum atomic E-state index is 14.0. The van der Waals surface area contributed by atoms with E-state index in [1.807, 2.05) is 30.7 Å². The first-order chi connectivity index (χ1) is 15.8. The minimum absolute atomic E-state index is 0.119. The van der Waals surface area contributed by atoms with Crippen LogP contribution in [0.4, 0.5) is 4.79 Å². The molecular formula is C25H36N2O6. The van der Waals surface area contributed by atoms with E-state index in [4.69, 9.17) is 19.0 Å². The van der Waals surface area contributed by atoms with Gasteiger partial charge in [-0.2, -0.15) is 5.06 Å². The smallest absolute Gasteiger partial charge is 0.434 e. The van der Waals surface area contributed by atoms with Crippen molar-refractivity contribution in [2.45, 2.75) is 52.5 Å². The first-order valence-electron chi connectivity index (χ1n) is 11.6. The summed E-state index contributed by atoms with van der Waals surface area (Å²) in [5, 5.41) is 1.87. The number of piperidine rings is 1. The Morgan fingerprint density at radius 1 is 1.09 bits per heavy atom. The first-order valence-corrected chi connectivity index (χ1v) is 11.6. The number of rotatable bonds is 8. The van der Waals surface area contributed by atoms with Gasteiger partial charge in [-0.15, -0.1) is 0 Å². The summed E-state index contributed by atoms with van der Waals surface area (Å²) in [5.41, 5.74) is 3.61. The highest BCUT2D eigenvalue weighted by Gasteiger charge is 2.55. The van der Waals surface area contributed by atoms with Crippen LogP contribution in [0.15, 0.2) is 17.9 Å². The quantitative estimate of drug-likeness (QED) is 0.432. The lowest BCUT2D eigenvalue weighted by atomic mass is 9.84. The second-order valence-corrected chi connectivity index (χ2v) is 8.71. The van der Waals surface area contributed by atoms with Crippen molar-refractivity contribution in [3.63, 3.8) is 0 Å². The molecule has 3 rings (SSSR count). The summed E-state index contributed by atoms with van der Waals surface area (Å²) in [7, 11) is 3.29. The minimum atomic E-state index is -0.785. The minimum Gasteiger partial charge on any atom is -0.434 e. The zero-order chi connectivity index (χ0) is 24.2. The molecule has 1 amide bonds. The lowest BCUT2D eigenvalue weighted by Crippen LogP contribution is -2.55. The number of nitrogens with zero attached hydrogens (tertiary/aromatic N) is 2. The van der Waals surface area contributed by atoms with Crippen molar-refractivity contribution in [3.8, 4) is 0 Å². The fraction of sp³-hybridized carbons (Fsp3) is 0.600. The molecule has 1 aromatic carbocycles. The SMILES string of the molecule is CCOC(=O)OC1=C(c2c(C)cc(C)cc2C)C(=O)N(CCCOC)C12CCN(OC)CC2. The van der Waals surface area contributed by atoms with E-state index in [9.17, 15) is 9.59 Å². The van der Waals surface area contributed by atoms with Gasteiger partial charge in [0.25, 0.3) is 5.91 Å². The van der Waals surface area contributed by atoms with Gasteiger partial charge in [0, 0.05) is 33.4 Å². The van der Waals surface area contributed by atoms with E-state index >= 15 is 0 Å². The van der Waals surface area contributed by atoms with Crippen molar-refractivity contribution >= 4 is 17.6 Å². The average molecular weight is 461 g/mol. The predicted octanol–water partition coefficient (Wildman–Crippen LogP) is 3.77. The molecule has 0 atom stereocenters. The maximum Gasteiger partial charge on any atom is 0.513 e. The van der Waals surface area contributed by atoms with Gasteiger partial charge in [-0.1, -0.05) is 17.7 Å². The van der Waals surface area contributed by atoms with E-state index in [1.54, 1.807) is 21.1 Å². The molecule has 182 valence electrons. The van der Waals surface area contributed by atoms with Crippen molar-refractivity contribution in [2.24, 2.45) is 0 Å². The molecule has 2 aliphatic rings. The molecule has 2 heterocycles. The molecule has 0 radical (unpaired) electrons. The Morgan fingerprint density at radius 2 is 1.73 bits per heavy atom. The largest absolute Gasteiger partial charge is 0.513 e. The van der Waals surface area contributed by atoms with E-state index in [0.717, 1.165) is 22.3 Å². The summed E-state index contributed by atoms with van der Waals surface area (Å²) in [5.74, 6) is 0.278. The molecule has 1 aromatic rings. The molecule has 0 aromatic heterocycles. The van der Waals surface area contributed by atoms with Crippen LogP contribution in [-0.4, -0.2) is 74.6 Å². The van der Waals surface area contributed by atoms with E-state index < -0.39 is 11.7 Å². The number of ether oxygens (including phenoxy) is 3.